The highest BCUT2D eigenvalue weighted by Crippen LogP contribution is 2.49. The van der Waals surface area contributed by atoms with Crippen LogP contribution >= 0.6 is 0 Å². The molecule has 1 spiro atoms. The summed E-state index contributed by atoms with van der Waals surface area (Å²) in [7, 11) is -1.77. The number of hydrogen-bond acceptors (Lipinski definition) is 2. The Labute approximate surface area is 130 Å². The fraction of sp³-hybridized carbons (Fsp3) is 0.667. The highest BCUT2D eigenvalue weighted by Gasteiger charge is 2.43. The van der Waals surface area contributed by atoms with Crippen LogP contribution < -0.4 is 4.43 Å². The van der Waals surface area contributed by atoms with Gasteiger partial charge in [-0.2, -0.15) is 0 Å². The van der Waals surface area contributed by atoms with Crippen LogP contribution in [0.1, 0.15) is 57.6 Å². The summed E-state index contributed by atoms with van der Waals surface area (Å²) in [6.07, 6.45) is 4.91. The second kappa shape index (κ2) is 4.85. The Kier molecular flexibility index (Phi) is 3.49. The normalized spacial score (nSPS) is 20.8. The fourth-order valence-corrected chi connectivity index (χ4v) is 4.29. The highest BCUT2D eigenvalue weighted by atomic mass is 28.4. The van der Waals surface area contributed by atoms with Crippen molar-refractivity contribution in [2.45, 2.75) is 76.8 Å². The van der Waals surface area contributed by atoms with Gasteiger partial charge in [-0.25, -0.2) is 0 Å². The SMILES string of the molecule is CC(C)(C)[Si](C)(C)Oc1ccc2c(c1)C1(CCCC1)OC2. The maximum absolute atomic E-state index is 6.48. The maximum atomic E-state index is 6.48. The van der Waals surface area contributed by atoms with E-state index in [1.807, 2.05) is 0 Å². The first-order valence-corrected chi connectivity index (χ1v) is 11.1. The summed E-state index contributed by atoms with van der Waals surface area (Å²) in [5.74, 6) is 1.04. The third-order valence-corrected chi connectivity index (χ3v) is 10.0. The van der Waals surface area contributed by atoms with E-state index in [4.69, 9.17) is 9.16 Å². The van der Waals surface area contributed by atoms with E-state index in [-0.39, 0.29) is 10.6 Å². The maximum Gasteiger partial charge on any atom is 0.250 e. The van der Waals surface area contributed by atoms with Gasteiger partial charge in [-0.1, -0.05) is 39.7 Å². The van der Waals surface area contributed by atoms with Gasteiger partial charge >= 0.3 is 0 Å². The average molecular weight is 305 g/mol. The number of rotatable bonds is 2. The first kappa shape index (κ1) is 15.1. The molecule has 1 aromatic rings. The van der Waals surface area contributed by atoms with E-state index in [0.717, 1.165) is 12.4 Å². The summed E-state index contributed by atoms with van der Waals surface area (Å²) in [4.78, 5) is 0. The van der Waals surface area contributed by atoms with E-state index in [0.29, 0.717) is 0 Å². The Balaban J connectivity index is 1.90. The van der Waals surface area contributed by atoms with Crippen molar-refractivity contribution in [1.29, 1.82) is 0 Å². The predicted octanol–water partition coefficient (Wildman–Crippen LogP) is 5.37. The molecule has 1 aliphatic carbocycles. The molecule has 3 rings (SSSR count). The van der Waals surface area contributed by atoms with Crippen LogP contribution in [0.3, 0.4) is 0 Å². The van der Waals surface area contributed by atoms with Crippen molar-refractivity contribution < 1.29 is 9.16 Å². The van der Waals surface area contributed by atoms with E-state index in [9.17, 15) is 0 Å². The number of hydrogen-bond donors (Lipinski definition) is 0. The third-order valence-electron chi connectivity index (χ3n) is 5.67. The molecule has 0 bridgehead atoms. The molecule has 0 atom stereocenters. The molecule has 1 fully saturated rings. The summed E-state index contributed by atoms with van der Waals surface area (Å²) in [6, 6.07) is 6.62. The topological polar surface area (TPSA) is 18.5 Å². The van der Waals surface area contributed by atoms with Crippen molar-refractivity contribution in [3.05, 3.63) is 29.3 Å². The largest absolute Gasteiger partial charge is 0.543 e. The van der Waals surface area contributed by atoms with Crippen LogP contribution in [0.25, 0.3) is 0 Å². The second-order valence-corrected chi connectivity index (χ2v) is 12.9. The van der Waals surface area contributed by atoms with Crippen molar-refractivity contribution >= 4 is 8.32 Å². The monoisotopic (exact) mass is 304 g/mol. The van der Waals surface area contributed by atoms with Gasteiger partial charge in [-0.3, -0.25) is 0 Å². The van der Waals surface area contributed by atoms with Gasteiger partial charge in [-0.05, 0) is 54.2 Å². The van der Waals surface area contributed by atoms with Crippen LogP contribution in [0.15, 0.2) is 18.2 Å². The Morgan fingerprint density at radius 2 is 1.81 bits per heavy atom. The molecule has 2 nitrogen and oxygen atoms in total. The quantitative estimate of drug-likeness (QED) is 0.684. The molecule has 1 aromatic carbocycles. The molecule has 1 saturated carbocycles. The third kappa shape index (κ3) is 2.55. The van der Waals surface area contributed by atoms with Gasteiger partial charge in [0.05, 0.1) is 12.2 Å². The van der Waals surface area contributed by atoms with Crippen molar-refractivity contribution in [2.75, 3.05) is 0 Å². The Hall–Kier alpha value is -0.803. The number of ether oxygens (including phenoxy) is 1. The Morgan fingerprint density at radius 1 is 1.14 bits per heavy atom. The van der Waals surface area contributed by atoms with E-state index in [2.05, 4.69) is 52.1 Å². The van der Waals surface area contributed by atoms with E-state index in [1.165, 1.54) is 36.8 Å². The summed E-state index contributed by atoms with van der Waals surface area (Å²) in [5, 5.41) is 0.230. The minimum atomic E-state index is -1.77. The van der Waals surface area contributed by atoms with Gasteiger partial charge < -0.3 is 9.16 Å². The lowest BCUT2D eigenvalue weighted by atomic mass is 9.91. The lowest BCUT2D eigenvalue weighted by molar-refractivity contribution is -0.0325. The molecule has 1 aliphatic heterocycles. The molecular weight excluding hydrogens is 276 g/mol. The lowest BCUT2D eigenvalue weighted by Gasteiger charge is -2.36. The zero-order chi connectivity index (χ0) is 15.3. The lowest BCUT2D eigenvalue weighted by Crippen LogP contribution is -2.43. The van der Waals surface area contributed by atoms with Crippen LogP contribution in [0.4, 0.5) is 0 Å². The van der Waals surface area contributed by atoms with Crippen LogP contribution in [0.2, 0.25) is 18.1 Å². The molecule has 0 saturated heterocycles. The fourth-order valence-electron chi connectivity index (χ4n) is 3.27. The summed E-state index contributed by atoms with van der Waals surface area (Å²) >= 11 is 0. The number of benzene rings is 1. The van der Waals surface area contributed by atoms with Gasteiger partial charge in [0.1, 0.15) is 5.75 Å². The van der Waals surface area contributed by atoms with Gasteiger partial charge in [0, 0.05) is 0 Å². The highest BCUT2D eigenvalue weighted by molar-refractivity contribution is 6.74. The zero-order valence-corrected chi connectivity index (χ0v) is 15.1. The minimum absolute atomic E-state index is 0.00212. The average Bonchev–Trinajstić information content (AvgIpc) is 2.98. The zero-order valence-electron chi connectivity index (χ0n) is 14.1. The second-order valence-electron chi connectivity index (χ2n) is 8.17. The van der Waals surface area contributed by atoms with Crippen molar-refractivity contribution in [3.8, 4) is 5.75 Å². The van der Waals surface area contributed by atoms with Crippen molar-refractivity contribution in [3.63, 3.8) is 0 Å². The summed E-state index contributed by atoms with van der Waals surface area (Å²) in [5.41, 5.74) is 2.76. The molecule has 0 unspecified atom stereocenters. The summed E-state index contributed by atoms with van der Waals surface area (Å²) in [6.45, 7) is 12.2. The van der Waals surface area contributed by atoms with Crippen LogP contribution in [0, 0.1) is 0 Å². The molecule has 116 valence electrons. The Morgan fingerprint density at radius 3 is 2.43 bits per heavy atom. The van der Waals surface area contributed by atoms with E-state index in [1.54, 1.807) is 0 Å². The van der Waals surface area contributed by atoms with Crippen molar-refractivity contribution in [1.82, 2.24) is 0 Å². The van der Waals surface area contributed by atoms with Gasteiger partial charge in [0.25, 0.3) is 0 Å². The van der Waals surface area contributed by atoms with E-state index >= 15 is 0 Å². The molecule has 0 amide bonds. The first-order valence-electron chi connectivity index (χ1n) is 8.20. The van der Waals surface area contributed by atoms with Crippen LogP contribution in [0.5, 0.6) is 5.75 Å². The van der Waals surface area contributed by atoms with Crippen LogP contribution in [-0.2, 0) is 16.9 Å². The molecular formula is C18H28O2Si. The van der Waals surface area contributed by atoms with Gasteiger partial charge in [0.2, 0.25) is 8.32 Å². The molecule has 1 heterocycles. The molecule has 21 heavy (non-hydrogen) atoms. The minimum Gasteiger partial charge on any atom is -0.543 e. The molecule has 0 radical (unpaired) electrons. The smallest absolute Gasteiger partial charge is 0.250 e. The first-order chi connectivity index (χ1) is 9.74. The Bertz CT molecular complexity index is 537. The van der Waals surface area contributed by atoms with Crippen molar-refractivity contribution in [2.24, 2.45) is 0 Å². The number of fused-ring (bicyclic) bond motifs is 2. The van der Waals surface area contributed by atoms with E-state index < -0.39 is 8.32 Å². The van der Waals surface area contributed by atoms with Crippen LogP contribution in [-0.4, -0.2) is 8.32 Å². The molecule has 2 aliphatic rings. The molecule has 0 aromatic heterocycles. The summed E-state index contributed by atoms with van der Waals surface area (Å²) < 4.78 is 12.7. The molecule has 3 heteroatoms. The van der Waals surface area contributed by atoms with Gasteiger partial charge in [0.15, 0.2) is 0 Å². The molecule has 0 N–H and O–H groups in total. The van der Waals surface area contributed by atoms with Gasteiger partial charge in [-0.15, -0.1) is 0 Å². The predicted molar refractivity (Wildman–Crippen MR) is 89.2 cm³/mol. The standard InChI is InChI=1S/C18H28O2Si/c1-17(2,3)21(4,5)20-15-9-8-14-13-19-18(16(14)12-15)10-6-7-11-18/h8-9,12H,6-7,10-11,13H2,1-5H3.